The molecule has 0 bridgehead atoms. The van der Waals surface area contributed by atoms with Crippen LogP contribution in [0.2, 0.25) is 0 Å². The van der Waals surface area contributed by atoms with Crippen molar-refractivity contribution in [1.29, 1.82) is 0 Å². The van der Waals surface area contributed by atoms with Crippen molar-refractivity contribution in [1.82, 2.24) is 0 Å². The molecule has 3 rings (SSSR count). The van der Waals surface area contributed by atoms with Crippen LogP contribution in [0.15, 0.2) is 18.2 Å². The van der Waals surface area contributed by atoms with Gasteiger partial charge in [-0.1, -0.05) is 25.7 Å². The molecule has 5 nitrogen and oxygen atoms in total. The quantitative estimate of drug-likeness (QED) is 0.899. The first-order valence-corrected chi connectivity index (χ1v) is 9.22. The minimum atomic E-state index is -0.571. The van der Waals surface area contributed by atoms with Gasteiger partial charge < -0.3 is 15.0 Å². The van der Waals surface area contributed by atoms with Crippen molar-refractivity contribution in [3.8, 4) is 5.75 Å². The lowest BCUT2D eigenvalue weighted by atomic mass is 9.93. The second-order valence-corrected chi connectivity index (χ2v) is 7.96. The third-order valence-corrected chi connectivity index (χ3v) is 5.33. The van der Waals surface area contributed by atoms with E-state index < -0.39 is 5.41 Å². The molecule has 0 atom stereocenters. The first kappa shape index (κ1) is 17.8. The molecule has 1 N–H and O–H groups in total. The van der Waals surface area contributed by atoms with Crippen LogP contribution in [-0.2, 0) is 9.59 Å². The zero-order valence-corrected chi connectivity index (χ0v) is 15.4. The molecule has 0 unspecified atom stereocenters. The van der Waals surface area contributed by atoms with Gasteiger partial charge in [0.2, 0.25) is 11.8 Å². The van der Waals surface area contributed by atoms with Gasteiger partial charge in [0.15, 0.2) is 0 Å². The number of carbonyl (C=O) groups excluding carboxylic acids is 2. The summed E-state index contributed by atoms with van der Waals surface area (Å²) in [6.45, 7) is 4.08. The summed E-state index contributed by atoms with van der Waals surface area (Å²) in [6, 6.07) is 5.48. The van der Waals surface area contributed by atoms with E-state index in [1.54, 1.807) is 11.9 Å². The molecule has 5 heteroatoms. The summed E-state index contributed by atoms with van der Waals surface area (Å²) >= 11 is 0. The SMILES string of the molecule is CN1C(=O)C(C)(C)COc2cc(NC(=O)CCC3CCCC3)ccc21. The Morgan fingerprint density at radius 2 is 2.04 bits per heavy atom. The van der Waals surface area contributed by atoms with Crippen LogP contribution in [0.5, 0.6) is 5.75 Å². The molecule has 0 saturated heterocycles. The minimum Gasteiger partial charge on any atom is -0.490 e. The van der Waals surface area contributed by atoms with E-state index >= 15 is 0 Å². The summed E-state index contributed by atoms with van der Waals surface area (Å²) in [5.41, 5.74) is 0.883. The zero-order valence-electron chi connectivity index (χ0n) is 15.4. The summed E-state index contributed by atoms with van der Waals surface area (Å²) in [5, 5.41) is 2.96. The Labute approximate surface area is 149 Å². The first-order valence-electron chi connectivity index (χ1n) is 9.22. The zero-order chi connectivity index (χ0) is 18.0. The molecule has 136 valence electrons. The topological polar surface area (TPSA) is 58.6 Å². The monoisotopic (exact) mass is 344 g/mol. The fraction of sp³-hybridized carbons (Fsp3) is 0.600. The molecule has 0 aromatic heterocycles. The fourth-order valence-electron chi connectivity index (χ4n) is 3.73. The number of nitrogens with zero attached hydrogens (tertiary/aromatic N) is 1. The van der Waals surface area contributed by atoms with E-state index in [-0.39, 0.29) is 11.8 Å². The number of benzene rings is 1. The largest absolute Gasteiger partial charge is 0.490 e. The van der Waals surface area contributed by atoms with Gasteiger partial charge in [-0.25, -0.2) is 0 Å². The van der Waals surface area contributed by atoms with Crippen LogP contribution in [0, 0.1) is 11.3 Å². The van der Waals surface area contributed by atoms with Crippen LogP contribution in [-0.4, -0.2) is 25.5 Å². The lowest BCUT2D eigenvalue weighted by molar-refractivity contribution is -0.127. The predicted molar refractivity (Wildman–Crippen MR) is 98.9 cm³/mol. The normalized spacial score (nSPS) is 20.0. The molecule has 1 aromatic carbocycles. The highest BCUT2D eigenvalue weighted by molar-refractivity contribution is 5.99. The van der Waals surface area contributed by atoms with Gasteiger partial charge in [0.25, 0.3) is 0 Å². The second-order valence-electron chi connectivity index (χ2n) is 7.96. The summed E-state index contributed by atoms with van der Waals surface area (Å²) in [7, 11) is 1.76. The average Bonchev–Trinajstić information content (AvgIpc) is 3.08. The maximum atomic E-state index is 12.5. The number of carbonyl (C=O) groups is 2. The Morgan fingerprint density at radius 1 is 1.32 bits per heavy atom. The molecule has 1 fully saturated rings. The van der Waals surface area contributed by atoms with Crippen molar-refractivity contribution < 1.29 is 14.3 Å². The number of ether oxygens (including phenoxy) is 1. The van der Waals surface area contributed by atoms with Crippen LogP contribution < -0.4 is 15.0 Å². The Hall–Kier alpha value is -2.04. The molecule has 1 heterocycles. The lowest BCUT2D eigenvalue weighted by Crippen LogP contribution is -2.39. The number of rotatable bonds is 4. The molecule has 2 aliphatic rings. The van der Waals surface area contributed by atoms with Crippen molar-refractivity contribution in [2.24, 2.45) is 11.3 Å². The first-order chi connectivity index (χ1) is 11.9. The number of fused-ring (bicyclic) bond motifs is 1. The van der Waals surface area contributed by atoms with Crippen LogP contribution >= 0.6 is 0 Å². The fourth-order valence-corrected chi connectivity index (χ4v) is 3.73. The maximum absolute atomic E-state index is 12.5. The van der Waals surface area contributed by atoms with Gasteiger partial charge in [-0.2, -0.15) is 0 Å². The maximum Gasteiger partial charge on any atom is 0.235 e. The van der Waals surface area contributed by atoms with Crippen molar-refractivity contribution in [3.05, 3.63) is 18.2 Å². The number of hydrogen-bond donors (Lipinski definition) is 1. The Morgan fingerprint density at radius 3 is 2.76 bits per heavy atom. The third-order valence-electron chi connectivity index (χ3n) is 5.33. The molecule has 2 amide bonds. The van der Waals surface area contributed by atoms with Crippen LogP contribution in [0.3, 0.4) is 0 Å². The smallest absolute Gasteiger partial charge is 0.235 e. The van der Waals surface area contributed by atoms with E-state index in [0.29, 0.717) is 24.7 Å². The molecule has 0 radical (unpaired) electrons. The van der Waals surface area contributed by atoms with E-state index in [2.05, 4.69) is 5.32 Å². The van der Waals surface area contributed by atoms with Gasteiger partial charge in [-0.05, 0) is 38.3 Å². The summed E-state index contributed by atoms with van der Waals surface area (Å²) in [5.74, 6) is 1.42. The van der Waals surface area contributed by atoms with Crippen molar-refractivity contribution >= 4 is 23.2 Å². The lowest BCUT2D eigenvalue weighted by Gasteiger charge is -2.24. The number of nitrogens with one attached hydrogen (secondary N) is 1. The summed E-state index contributed by atoms with van der Waals surface area (Å²) in [6.07, 6.45) is 6.66. The molecular formula is C20H28N2O3. The van der Waals surface area contributed by atoms with E-state index in [9.17, 15) is 9.59 Å². The van der Waals surface area contributed by atoms with Gasteiger partial charge in [-0.15, -0.1) is 0 Å². The Balaban J connectivity index is 1.66. The predicted octanol–water partition coefficient (Wildman–Crippen LogP) is 3.98. The van der Waals surface area contributed by atoms with Crippen molar-refractivity contribution in [3.63, 3.8) is 0 Å². The highest BCUT2D eigenvalue weighted by Gasteiger charge is 2.36. The molecule has 1 aliphatic heterocycles. The van der Waals surface area contributed by atoms with Gasteiger partial charge in [0, 0.05) is 25.2 Å². The molecular weight excluding hydrogens is 316 g/mol. The second kappa shape index (κ2) is 7.06. The average molecular weight is 344 g/mol. The van der Waals surface area contributed by atoms with Crippen molar-refractivity contribution in [2.75, 3.05) is 23.9 Å². The van der Waals surface area contributed by atoms with Crippen LogP contribution in [0.4, 0.5) is 11.4 Å². The van der Waals surface area contributed by atoms with Crippen LogP contribution in [0.25, 0.3) is 0 Å². The van der Waals surface area contributed by atoms with Gasteiger partial charge >= 0.3 is 0 Å². The summed E-state index contributed by atoms with van der Waals surface area (Å²) in [4.78, 5) is 26.3. The third kappa shape index (κ3) is 3.97. The van der Waals surface area contributed by atoms with E-state index in [0.717, 1.165) is 17.8 Å². The van der Waals surface area contributed by atoms with E-state index in [1.165, 1.54) is 25.7 Å². The van der Waals surface area contributed by atoms with Crippen LogP contribution in [0.1, 0.15) is 52.4 Å². The Bertz CT molecular complexity index is 663. The number of amides is 2. The van der Waals surface area contributed by atoms with Gasteiger partial charge in [-0.3, -0.25) is 9.59 Å². The molecule has 1 aliphatic carbocycles. The molecule has 0 spiro atoms. The minimum absolute atomic E-state index is 0.0274. The highest BCUT2D eigenvalue weighted by atomic mass is 16.5. The van der Waals surface area contributed by atoms with Crippen molar-refractivity contribution in [2.45, 2.75) is 52.4 Å². The number of anilines is 2. The molecule has 25 heavy (non-hydrogen) atoms. The molecule has 1 aromatic rings. The Kier molecular flexibility index (Phi) is 5.02. The van der Waals surface area contributed by atoms with Gasteiger partial charge in [0.05, 0.1) is 11.1 Å². The standard InChI is InChI=1S/C20H28N2O3/c1-20(2)13-25-17-12-15(9-10-16(17)22(3)19(20)24)21-18(23)11-8-14-6-4-5-7-14/h9-10,12,14H,4-8,11,13H2,1-3H3,(H,21,23). The summed E-state index contributed by atoms with van der Waals surface area (Å²) < 4.78 is 5.85. The molecule has 1 saturated carbocycles. The number of hydrogen-bond acceptors (Lipinski definition) is 3. The van der Waals surface area contributed by atoms with E-state index in [1.807, 2.05) is 32.0 Å². The highest BCUT2D eigenvalue weighted by Crippen LogP contribution is 2.37. The van der Waals surface area contributed by atoms with Gasteiger partial charge in [0.1, 0.15) is 12.4 Å². The van der Waals surface area contributed by atoms with E-state index in [4.69, 9.17) is 4.74 Å².